The first-order valence-corrected chi connectivity index (χ1v) is 6.72. The van der Waals surface area contributed by atoms with E-state index < -0.39 is 0 Å². The first-order chi connectivity index (χ1) is 8.70. The number of ether oxygens (including phenoxy) is 1. The fourth-order valence-corrected chi connectivity index (χ4v) is 2.52. The van der Waals surface area contributed by atoms with Gasteiger partial charge in [0.1, 0.15) is 5.82 Å². The zero-order chi connectivity index (χ0) is 13.0. The molecule has 4 nitrogen and oxygen atoms in total. The normalized spacial score (nSPS) is 23.6. The maximum Gasteiger partial charge on any atom is 0.126 e. The number of aromatic nitrogens is 1. The lowest BCUT2D eigenvalue weighted by atomic mass is 10.1. The Hall–Kier alpha value is -1.13. The number of hydrogen-bond acceptors (Lipinski definition) is 4. The number of anilines is 1. The molecule has 0 aromatic carbocycles. The summed E-state index contributed by atoms with van der Waals surface area (Å²) in [5.74, 6) is 0.958. The fourth-order valence-electron chi connectivity index (χ4n) is 2.52. The molecule has 2 atom stereocenters. The predicted molar refractivity (Wildman–Crippen MR) is 73.7 cm³/mol. The minimum atomic E-state index is 0.326. The van der Waals surface area contributed by atoms with E-state index in [9.17, 15) is 0 Å². The molecule has 1 N–H and O–H groups in total. The molecule has 1 aromatic heterocycles. The van der Waals surface area contributed by atoms with Crippen molar-refractivity contribution in [3.63, 3.8) is 0 Å². The zero-order valence-corrected chi connectivity index (χ0v) is 11.5. The van der Waals surface area contributed by atoms with Gasteiger partial charge in [0.15, 0.2) is 0 Å². The first-order valence-electron chi connectivity index (χ1n) is 6.72. The van der Waals surface area contributed by atoms with Gasteiger partial charge in [0.2, 0.25) is 0 Å². The number of nitrogens with zero attached hydrogens (tertiary/aromatic N) is 2. The minimum Gasteiger partial charge on any atom is -0.377 e. The van der Waals surface area contributed by atoms with E-state index in [2.05, 4.69) is 48.2 Å². The van der Waals surface area contributed by atoms with E-state index in [0.29, 0.717) is 12.1 Å². The number of hydrogen-bond donors (Lipinski definition) is 1. The summed E-state index contributed by atoms with van der Waals surface area (Å²) >= 11 is 0. The van der Waals surface area contributed by atoms with Crippen molar-refractivity contribution in [1.82, 2.24) is 9.88 Å². The summed E-state index contributed by atoms with van der Waals surface area (Å²) in [6, 6.07) is 6.66. The van der Waals surface area contributed by atoms with E-state index in [-0.39, 0.29) is 0 Å². The van der Waals surface area contributed by atoms with Crippen molar-refractivity contribution in [3.8, 4) is 0 Å². The van der Waals surface area contributed by atoms with Gasteiger partial charge >= 0.3 is 0 Å². The quantitative estimate of drug-likeness (QED) is 0.867. The monoisotopic (exact) mass is 249 g/mol. The second-order valence-corrected chi connectivity index (χ2v) is 4.89. The Morgan fingerprint density at radius 1 is 1.50 bits per heavy atom. The largest absolute Gasteiger partial charge is 0.377 e. The molecular weight excluding hydrogens is 226 g/mol. The van der Waals surface area contributed by atoms with Crippen LogP contribution < -0.4 is 5.32 Å². The van der Waals surface area contributed by atoms with Crippen molar-refractivity contribution in [3.05, 3.63) is 23.9 Å². The molecule has 1 aromatic rings. The summed E-state index contributed by atoms with van der Waals surface area (Å²) in [4.78, 5) is 6.95. The lowest BCUT2D eigenvalue weighted by molar-refractivity contribution is 0.0810. The second kappa shape index (κ2) is 6.16. The van der Waals surface area contributed by atoms with Gasteiger partial charge in [-0.25, -0.2) is 4.98 Å². The van der Waals surface area contributed by atoms with Crippen molar-refractivity contribution < 1.29 is 4.74 Å². The summed E-state index contributed by atoms with van der Waals surface area (Å²) < 4.78 is 5.61. The van der Waals surface area contributed by atoms with Gasteiger partial charge < -0.3 is 10.1 Å². The van der Waals surface area contributed by atoms with Crippen molar-refractivity contribution in [1.29, 1.82) is 0 Å². The summed E-state index contributed by atoms with van der Waals surface area (Å²) in [6.45, 7) is 6.88. The standard InChI is InChI=1S/C14H23N3O/c1-4-15-14-7-5-6-12(16-14)10-17(3)13-8-9-18-11(13)2/h5-7,11,13H,4,8-10H2,1-3H3,(H,15,16). The third-order valence-corrected chi connectivity index (χ3v) is 3.48. The molecule has 0 amide bonds. The summed E-state index contributed by atoms with van der Waals surface area (Å²) in [5.41, 5.74) is 1.11. The molecule has 2 unspecified atom stereocenters. The van der Waals surface area contributed by atoms with E-state index in [1.165, 1.54) is 0 Å². The smallest absolute Gasteiger partial charge is 0.126 e. The van der Waals surface area contributed by atoms with Crippen LogP contribution in [0, 0.1) is 0 Å². The van der Waals surface area contributed by atoms with Gasteiger partial charge in [-0.3, -0.25) is 4.90 Å². The number of rotatable bonds is 5. The van der Waals surface area contributed by atoms with Crippen LogP contribution in [0.5, 0.6) is 0 Å². The molecule has 0 spiro atoms. The van der Waals surface area contributed by atoms with Crippen LogP contribution in [0.15, 0.2) is 18.2 Å². The molecule has 0 saturated carbocycles. The SMILES string of the molecule is CCNc1cccc(CN(C)C2CCOC2C)n1. The van der Waals surface area contributed by atoms with Crippen LogP contribution in [-0.4, -0.2) is 42.2 Å². The zero-order valence-electron chi connectivity index (χ0n) is 11.5. The van der Waals surface area contributed by atoms with Crippen LogP contribution in [0.25, 0.3) is 0 Å². The van der Waals surface area contributed by atoms with E-state index in [1.807, 2.05) is 6.07 Å². The number of likely N-dealkylation sites (N-methyl/N-ethyl adjacent to an activating group) is 1. The molecule has 0 bridgehead atoms. The summed E-state index contributed by atoms with van der Waals surface area (Å²) in [7, 11) is 2.15. The molecule has 0 radical (unpaired) electrons. The Kier molecular flexibility index (Phi) is 4.55. The molecule has 100 valence electrons. The van der Waals surface area contributed by atoms with E-state index in [1.54, 1.807) is 0 Å². The second-order valence-electron chi connectivity index (χ2n) is 4.89. The average molecular weight is 249 g/mol. The highest BCUT2D eigenvalue weighted by Gasteiger charge is 2.27. The van der Waals surface area contributed by atoms with E-state index in [0.717, 1.165) is 37.6 Å². The molecular formula is C14H23N3O. The maximum atomic E-state index is 5.61. The van der Waals surface area contributed by atoms with Gasteiger partial charge in [-0.15, -0.1) is 0 Å². The summed E-state index contributed by atoms with van der Waals surface area (Å²) in [5, 5.41) is 3.25. The van der Waals surface area contributed by atoms with Gasteiger partial charge in [-0.05, 0) is 39.4 Å². The van der Waals surface area contributed by atoms with Gasteiger partial charge in [-0.1, -0.05) is 6.07 Å². The molecule has 1 fully saturated rings. The lowest BCUT2D eigenvalue weighted by Crippen LogP contribution is -2.36. The van der Waals surface area contributed by atoms with Crippen molar-refractivity contribution in [2.75, 3.05) is 25.5 Å². The molecule has 1 aliphatic heterocycles. The molecule has 4 heteroatoms. The molecule has 2 heterocycles. The van der Waals surface area contributed by atoms with Crippen molar-refractivity contribution >= 4 is 5.82 Å². The Balaban J connectivity index is 1.97. The Morgan fingerprint density at radius 2 is 2.33 bits per heavy atom. The Bertz CT molecular complexity index is 383. The van der Waals surface area contributed by atoms with Crippen LogP contribution >= 0.6 is 0 Å². The maximum absolute atomic E-state index is 5.61. The van der Waals surface area contributed by atoms with Crippen LogP contribution in [0.2, 0.25) is 0 Å². The lowest BCUT2D eigenvalue weighted by Gasteiger charge is -2.26. The van der Waals surface area contributed by atoms with Gasteiger partial charge in [-0.2, -0.15) is 0 Å². The summed E-state index contributed by atoms with van der Waals surface area (Å²) in [6.07, 6.45) is 1.44. The minimum absolute atomic E-state index is 0.326. The third kappa shape index (κ3) is 3.21. The molecule has 2 rings (SSSR count). The third-order valence-electron chi connectivity index (χ3n) is 3.48. The van der Waals surface area contributed by atoms with E-state index >= 15 is 0 Å². The number of nitrogens with one attached hydrogen (secondary N) is 1. The Labute approximate surface area is 109 Å². The molecule has 0 aliphatic carbocycles. The van der Waals surface area contributed by atoms with Gasteiger partial charge in [0.05, 0.1) is 11.8 Å². The van der Waals surface area contributed by atoms with Gasteiger partial charge in [0.25, 0.3) is 0 Å². The first kappa shape index (κ1) is 13.3. The van der Waals surface area contributed by atoms with Crippen molar-refractivity contribution in [2.24, 2.45) is 0 Å². The average Bonchev–Trinajstić information content (AvgIpc) is 2.76. The highest BCUT2D eigenvalue weighted by molar-refractivity contribution is 5.34. The molecule has 1 saturated heterocycles. The van der Waals surface area contributed by atoms with Crippen LogP contribution in [0.1, 0.15) is 26.0 Å². The van der Waals surface area contributed by atoms with Crippen LogP contribution in [0.3, 0.4) is 0 Å². The van der Waals surface area contributed by atoms with Gasteiger partial charge in [0, 0.05) is 25.7 Å². The predicted octanol–water partition coefficient (Wildman–Crippen LogP) is 2.12. The number of pyridine rings is 1. The van der Waals surface area contributed by atoms with Crippen LogP contribution in [-0.2, 0) is 11.3 Å². The Morgan fingerprint density at radius 3 is 3.00 bits per heavy atom. The van der Waals surface area contributed by atoms with Crippen LogP contribution in [0.4, 0.5) is 5.82 Å². The van der Waals surface area contributed by atoms with E-state index in [4.69, 9.17) is 4.74 Å². The highest BCUT2D eigenvalue weighted by Crippen LogP contribution is 2.19. The molecule has 1 aliphatic rings. The highest BCUT2D eigenvalue weighted by atomic mass is 16.5. The fraction of sp³-hybridized carbons (Fsp3) is 0.643. The molecule has 18 heavy (non-hydrogen) atoms. The topological polar surface area (TPSA) is 37.4 Å². The van der Waals surface area contributed by atoms with Crippen molar-refractivity contribution in [2.45, 2.75) is 39.0 Å².